The van der Waals surface area contributed by atoms with Crippen molar-refractivity contribution in [1.29, 1.82) is 0 Å². The van der Waals surface area contributed by atoms with Gasteiger partial charge in [-0.15, -0.1) is 5.10 Å². The maximum Gasteiger partial charge on any atom is 0.244 e. The Morgan fingerprint density at radius 2 is 2.35 bits per heavy atom. The van der Waals surface area contributed by atoms with Gasteiger partial charge in [-0.2, -0.15) is 4.98 Å². The fourth-order valence-electron chi connectivity index (χ4n) is 3.37. The molecule has 2 aliphatic heterocycles. The SMILES string of the molecule is CCC1OCCC1c1nc(N2CCCC(CN)C2)n[nH]1. The van der Waals surface area contributed by atoms with Gasteiger partial charge < -0.3 is 15.4 Å². The summed E-state index contributed by atoms with van der Waals surface area (Å²) in [6.45, 7) is 5.76. The second-order valence-corrected chi connectivity index (χ2v) is 5.92. The van der Waals surface area contributed by atoms with E-state index in [0.717, 1.165) is 50.9 Å². The molecule has 0 bridgehead atoms. The lowest BCUT2D eigenvalue weighted by Gasteiger charge is -2.31. The fraction of sp³-hybridized carbons (Fsp3) is 0.857. The molecule has 1 aromatic heterocycles. The lowest BCUT2D eigenvalue weighted by Crippen LogP contribution is -2.39. The number of aromatic amines is 1. The molecule has 3 rings (SSSR count). The Kier molecular flexibility index (Phi) is 4.21. The molecule has 0 amide bonds. The van der Waals surface area contributed by atoms with Crippen LogP contribution in [0.1, 0.15) is 44.3 Å². The van der Waals surface area contributed by atoms with E-state index in [1.807, 2.05) is 0 Å². The first kappa shape index (κ1) is 13.8. The summed E-state index contributed by atoms with van der Waals surface area (Å²) in [5.74, 6) is 2.76. The predicted molar refractivity (Wildman–Crippen MR) is 77.8 cm³/mol. The molecular formula is C14H25N5O. The fourth-order valence-corrected chi connectivity index (χ4v) is 3.37. The first-order valence-corrected chi connectivity index (χ1v) is 7.80. The predicted octanol–water partition coefficient (Wildman–Crippen LogP) is 1.26. The molecule has 1 aromatic rings. The molecule has 0 radical (unpaired) electrons. The maximum absolute atomic E-state index is 5.79. The molecule has 3 unspecified atom stereocenters. The van der Waals surface area contributed by atoms with Crippen LogP contribution in [0.3, 0.4) is 0 Å². The summed E-state index contributed by atoms with van der Waals surface area (Å²) < 4.78 is 5.74. The summed E-state index contributed by atoms with van der Waals surface area (Å²) >= 11 is 0. The van der Waals surface area contributed by atoms with Crippen LogP contribution in [0.4, 0.5) is 5.95 Å². The minimum atomic E-state index is 0.286. The monoisotopic (exact) mass is 279 g/mol. The zero-order chi connectivity index (χ0) is 13.9. The largest absolute Gasteiger partial charge is 0.377 e. The smallest absolute Gasteiger partial charge is 0.244 e. The molecule has 3 heterocycles. The van der Waals surface area contributed by atoms with Crippen molar-refractivity contribution in [3.05, 3.63) is 5.82 Å². The number of rotatable bonds is 4. The average Bonchev–Trinajstić information content (AvgIpc) is 3.15. The van der Waals surface area contributed by atoms with Gasteiger partial charge in [0, 0.05) is 25.6 Å². The number of hydrogen-bond donors (Lipinski definition) is 2. The molecule has 3 atom stereocenters. The Morgan fingerprint density at radius 3 is 3.15 bits per heavy atom. The zero-order valence-electron chi connectivity index (χ0n) is 12.2. The number of H-pyrrole nitrogens is 1. The van der Waals surface area contributed by atoms with Crippen molar-refractivity contribution < 1.29 is 4.74 Å². The van der Waals surface area contributed by atoms with Crippen molar-refractivity contribution in [2.75, 3.05) is 31.1 Å². The molecular weight excluding hydrogens is 254 g/mol. The van der Waals surface area contributed by atoms with Crippen LogP contribution >= 0.6 is 0 Å². The van der Waals surface area contributed by atoms with Crippen molar-refractivity contribution in [2.24, 2.45) is 11.7 Å². The molecule has 6 heteroatoms. The summed E-state index contributed by atoms with van der Waals surface area (Å²) in [5.41, 5.74) is 5.79. The number of aromatic nitrogens is 3. The normalized spacial score (nSPS) is 30.9. The van der Waals surface area contributed by atoms with Gasteiger partial charge in [-0.1, -0.05) is 6.92 Å². The quantitative estimate of drug-likeness (QED) is 0.867. The Balaban J connectivity index is 1.70. The highest BCUT2D eigenvalue weighted by Gasteiger charge is 2.31. The van der Waals surface area contributed by atoms with Gasteiger partial charge in [0.1, 0.15) is 5.82 Å². The van der Waals surface area contributed by atoms with Crippen molar-refractivity contribution in [3.63, 3.8) is 0 Å². The highest BCUT2D eigenvalue weighted by atomic mass is 16.5. The van der Waals surface area contributed by atoms with Crippen LogP contribution < -0.4 is 10.6 Å². The Bertz CT molecular complexity index is 435. The summed E-state index contributed by atoms with van der Waals surface area (Å²) in [4.78, 5) is 6.98. The number of piperidine rings is 1. The van der Waals surface area contributed by atoms with Gasteiger partial charge in [0.05, 0.1) is 6.10 Å². The van der Waals surface area contributed by atoms with Gasteiger partial charge in [0.2, 0.25) is 5.95 Å². The van der Waals surface area contributed by atoms with E-state index in [1.54, 1.807) is 0 Å². The second-order valence-electron chi connectivity index (χ2n) is 5.92. The number of hydrogen-bond acceptors (Lipinski definition) is 5. The van der Waals surface area contributed by atoms with E-state index in [9.17, 15) is 0 Å². The summed E-state index contributed by atoms with van der Waals surface area (Å²) in [5, 5.41) is 7.54. The maximum atomic E-state index is 5.79. The lowest BCUT2D eigenvalue weighted by atomic mass is 9.98. The summed E-state index contributed by atoms with van der Waals surface area (Å²) in [7, 11) is 0. The van der Waals surface area contributed by atoms with E-state index in [-0.39, 0.29) is 6.10 Å². The third-order valence-electron chi connectivity index (χ3n) is 4.59. The summed E-state index contributed by atoms with van der Waals surface area (Å²) in [6, 6.07) is 0. The number of ether oxygens (including phenoxy) is 1. The highest BCUT2D eigenvalue weighted by Crippen LogP contribution is 2.32. The average molecular weight is 279 g/mol. The molecule has 6 nitrogen and oxygen atoms in total. The van der Waals surface area contributed by atoms with Crippen LogP contribution in [-0.4, -0.2) is 47.5 Å². The molecule has 112 valence electrons. The third kappa shape index (κ3) is 2.67. The van der Waals surface area contributed by atoms with Crippen molar-refractivity contribution in [1.82, 2.24) is 15.2 Å². The number of nitrogens with one attached hydrogen (secondary N) is 1. The van der Waals surface area contributed by atoms with E-state index in [2.05, 4.69) is 22.0 Å². The molecule has 3 N–H and O–H groups in total. The van der Waals surface area contributed by atoms with Crippen molar-refractivity contribution >= 4 is 5.95 Å². The van der Waals surface area contributed by atoms with Gasteiger partial charge in [-0.05, 0) is 38.1 Å². The van der Waals surface area contributed by atoms with Gasteiger partial charge in [-0.25, -0.2) is 0 Å². The van der Waals surface area contributed by atoms with E-state index in [0.29, 0.717) is 11.8 Å². The molecule has 2 saturated heterocycles. The van der Waals surface area contributed by atoms with Gasteiger partial charge in [-0.3, -0.25) is 5.10 Å². The lowest BCUT2D eigenvalue weighted by molar-refractivity contribution is 0.0994. The zero-order valence-corrected chi connectivity index (χ0v) is 12.2. The number of nitrogens with zero attached hydrogens (tertiary/aromatic N) is 3. The highest BCUT2D eigenvalue weighted by molar-refractivity contribution is 5.30. The van der Waals surface area contributed by atoms with Crippen LogP contribution in [0.25, 0.3) is 0 Å². The molecule has 0 aromatic carbocycles. The molecule has 0 saturated carbocycles. The molecule has 0 spiro atoms. The van der Waals surface area contributed by atoms with Gasteiger partial charge in [0.15, 0.2) is 0 Å². The Hall–Kier alpha value is -1.14. The van der Waals surface area contributed by atoms with E-state index < -0.39 is 0 Å². The van der Waals surface area contributed by atoms with Crippen LogP contribution in [-0.2, 0) is 4.74 Å². The van der Waals surface area contributed by atoms with Crippen molar-refractivity contribution in [2.45, 2.75) is 44.6 Å². The van der Waals surface area contributed by atoms with E-state index in [1.165, 1.54) is 12.8 Å². The van der Waals surface area contributed by atoms with Gasteiger partial charge >= 0.3 is 0 Å². The van der Waals surface area contributed by atoms with Crippen LogP contribution in [0.2, 0.25) is 0 Å². The van der Waals surface area contributed by atoms with E-state index in [4.69, 9.17) is 15.5 Å². The molecule has 20 heavy (non-hydrogen) atoms. The van der Waals surface area contributed by atoms with Crippen molar-refractivity contribution in [3.8, 4) is 0 Å². The standard InChI is InChI=1S/C14H25N5O/c1-2-12-11(5-7-20-12)13-16-14(18-17-13)19-6-3-4-10(8-15)9-19/h10-12H,2-9,15H2,1H3,(H,16,17,18). The first-order valence-electron chi connectivity index (χ1n) is 7.80. The summed E-state index contributed by atoms with van der Waals surface area (Å²) in [6.07, 6.45) is 4.75. The second kappa shape index (κ2) is 6.10. The number of anilines is 1. The van der Waals surface area contributed by atoms with Crippen LogP contribution in [0, 0.1) is 5.92 Å². The Morgan fingerprint density at radius 1 is 1.45 bits per heavy atom. The Labute approximate surface area is 120 Å². The third-order valence-corrected chi connectivity index (χ3v) is 4.59. The number of nitrogens with two attached hydrogens (primary N) is 1. The first-order chi connectivity index (χ1) is 9.81. The van der Waals surface area contributed by atoms with Crippen LogP contribution in [0.5, 0.6) is 0 Å². The molecule has 0 aliphatic carbocycles. The minimum Gasteiger partial charge on any atom is -0.377 e. The van der Waals surface area contributed by atoms with Gasteiger partial charge in [0.25, 0.3) is 0 Å². The molecule has 2 fully saturated rings. The van der Waals surface area contributed by atoms with Crippen LogP contribution in [0.15, 0.2) is 0 Å². The van der Waals surface area contributed by atoms with E-state index >= 15 is 0 Å². The minimum absolute atomic E-state index is 0.286. The molecule has 2 aliphatic rings. The topological polar surface area (TPSA) is 80.1 Å².